The first-order valence-electron chi connectivity index (χ1n) is 5.20. The molecule has 0 aromatic rings. The fourth-order valence-corrected chi connectivity index (χ4v) is 1.84. The molecule has 1 aliphatic carbocycles. The molecular weight excluding hydrogens is 182 g/mol. The lowest BCUT2D eigenvalue weighted by molar-refractivity contribution is -0.126. The number of hydrogen-bond donors (Lipinski definition) is 2. The summed E-state index contributed by atoms with van der Waals surface area (Å²) in [6.07, 6.45) is 2.79. The summed E-state index contributed by atoms with van der Waals surface area (Å²) in [6.45, 7) is 2.56. The normalized spacial score (nSPS) is 34.1. The fourth-order valence-electron chi connectivity index (χ4n) is 1.84. The van der Waals surface area contributed by atoms with Crippen LogP contribution in [0.2, 0.25) is 0 Å². The smallest absolute Gasteiger partial charge is 0.226 e. The van der Waals surface area contributed by atoms with Crippen LogP contribution in [0.25, 0.3) is 0 Å². The van der Waals surface area contributed by atoms with Crippen molar-refractivity contribution in [3.8, 4) is 0 Å². The first-order valence-corrected chi connectivity index (χ1v) is 5.20. The zero-order valence-corrected chi connectivity index (χ0v) is 8.45. The number of carbonyl (C=O) groups is 1. The zero-order valence-electron chi connectivity index (χ0n) is 8.45. The monoisotopic (exact) mass is 199 g/mol. The van der Waals surface area contributed by atoms with Crippen LogP contribution in [0, 0.1) is 5.92 Å². The lowest BCUT2D eigenvalue weighted by atomic mass is 10.0. The molecule has 1 saturated carbocycles. The molecule has 2 unspecified atom stereocenters. The molecule has 2 atom stereocenters. The summed E-state index contributed by atoms with van der Waals surface area (Å²) in [6, 6.07) is 0. The van der Waals surface area contributed by atoms with Gasteiger partial charge in [0.15, 0.2) is 0 Å². The van der Waals surface area contributed by atoms with E-state index in [2.05, 4.69) is 5.32 Å². The maximum Gasteiger partial charge on any atom is 0.226 e. The van der Waals surface area contributed by atoms with Crippen LogP contribution in [-0.2, 0) is 9.53 Å². The second-order valence-electron chi connectivity index (χ2n) is 4.50. The molecule has 80 valence electrons. The van der Waals surface area contributed by atoms with Crippen molar-refractivity contribution in [3.63, 3.8) is 0 Å². The van der Waals surface area contributed by atoms with Crippen molar-refractivity contribution in [2.24, 2.45) is 5.92 Å². The third-order valence-electron chi connectivity index (χ3n) is 3.11. The van der Waals surface area contributed by atoms with Gasteiger partial charge in [-0.05, 0) is 26.2 Å². The highest BCUT2D eigenvalue weighted by atomic mass is 16.5. The van der Waals surface area contributed by atoms with Gasteiger partial charge >= 0.3 is 0 Å². The number of ether oxygens (including phenoxy) is 1. The van der Waals surface area contributed by atoms with Gasteiger partial charge in [0.25, 0.3) is 0 Å². The molecular formula is C10H17NO3. The zero-order chi connectivity index (χ0) is 10.2. The molecule has 0 aromatic carbocycles. The van der Waals surface area contributed by atoms with Gasteiger partial charge in [0, 0.05) is 0 Å². The van der Waals surface area contributed by atoms with Crippen molar-refractivity contribution in [1.82, 2.24) is 5.32 Å². The van der Waals surface area contributed by atoms with Crippen molar-refractivity contribution in [2.75, 3.05) is 13.2 Å². The van der Waals surface area contributed by atoms with Crippen LogP contribution in [0.3, 0.4) is 0 Å². The fraction of sp³-hybridized carbons (Fsp3) is 0.900. The van der Waals surface area contributed by atoms with E-state index in [0.29, 0.717) is 6.61 Å². The molecule has 2 rings (SSSR count). The largest absolute Gasteiger partial charge is 0.394 e. The molecule has 14 heavy (non-hydrogen) atoms. The first kappa shape index (κ1) is 9.93. The SMILES string of the molecule is CC1CC(C(=O)NC2(CO)CC2)CO1. The Morgan fingerprint density at radius 1 is 1.64 bits per heavy atom. The van der Waals surface area contributed by atoms with Crippen molar-refractivity contribution < 1.29 is 14.6 Å². The van der Waals surface area contributed by atoms with E-state index in [9.17, 15) is 4.79 Å². The molecule has 1 heterocycles. The summed E-state index contributed by atoms with van der Waals surface area (Å²) in [7, 11) is 0. The molecule has 2 N–H and O–H groups in total. The summed E-state index contributed by atoms with van der Waals surface area (Å²) in [5.74, 6) is 0.0231. The van der Waals surface area contributed by atoms with Crippen LogP contribution in [-0.4, -0.2) is 35.9 Å². The molecule has 0 aromatic heterocycles. The van der Waals surface area contributed by atoms with Gasteiger partial charge in [-0.15, -0.1) is 0 Å². The summed E-state index contributed by atoms with van der Waals surface area (Å²) in [5.41, 5.74) is -0.289. The molecule has 2 fully saturated rings. The number of rotatable bonds is 3. The third kappa shape index (κ3) is 1.91. The standard InChI is InChI=1S/C10H17NO3/c1-7-4-8(5-14-7)9(13)11-10(6-12)2-3-10/h7-8,12H,2-6H2,1H3,(H,11,13). The van der Waals surface area contributed by atoms with Gasteiger partial charge in [0.1, 0.15) is 0 Å². The maximum absolute atomic E-state index is 11.7. The Labute approximate surface area is 83.6 Å². The number of amides is 1. The van der Waals surface area contributed by atoms with E-state index in [0.717, 1.165) is 19.3 Å². The lowest BCUT2D eigenvalue weighted by Crippen LogP contribution is -2.43. The Morgan fingerprint density at radius 3 is 2.79 bits per heavy atom. The van der Waals surface area contributed by atoms with Crippen LogP contribution in [0.1, 0.15) is 26.2 Å². The second-order valence-corrected chi connectivity index (χ2v) is 4.50. The van der Waals surface area contributed by atoms with E-state index >= 15 is 0 Å². The average molecular weight is 199 g/mol. The number of carbonyl (C=O) groups excluding carboxylic acids is 1. The first-order chi connectivity index (χ1) is 6.65. The van der Waals surface area contributed by atoms with Gasteiger partial charge in [-0.1, -0.05) is 0 Å². The van der Waals surface area contributed by atoms with Crippen LogP contribution in [0.15, 0.2) is 0 Å². The summed E-state index contributed by atoms with van der Waals surface area (Å²) >= 11 is 0. The highest BCUT2D eigenvalue weighted by Gasteiger charge is 2.45. The lowest BCUT2D eigenvalue weighted by Gasteiger charge is -2.16. The molecule has 0 bridgehead atoms. The molecule has 0 radical (unpaired) electrons. The highest BCUT2D eigenvalue weighted by Crippen LogP contribution is 2.35. The Kier molecular flexibility index (Phi) is 2.49. The van der Waals surface area contributed by atoms with E-state index in [1.807, 2.05) is 6.92 Å². The summed E-state index contributed by atoms with van der Waals surface area (Å²) in [5, 5.41) is 12.0. The van der Waals surface area contributed by atoms with E-state index < -0.39 is 0 Å². The number of hydrogen-bond acceptors (Lipinski definition) is 3. The van der Waals surface area contributed by atoms with Crippen LogP contribution in [0.4, 0.5) is 0 Å². The van der Waals surface area contributed by atoms with Gasteiger partial charge in [-0.25, -0.2) is 0 Å². The topological polar surface area (TPSA) is 58.6 Å². The minimum atomic E-state index is -0.289. The average Bonchev–Trinajstić information content (AvgIpc) is 2.80. The summed E-state index contributed by atoms with van der Waals surface area (Å²) in [4.78, 5) is 11.7. The van der Waals surface area contributed by atoms with Crippen molar-refractivity contribution >= 4 is 5.91 Å². The Morgan fingerprint density at radius 2 is 2.36 bits per heavy atom. The highest BCUT2D eigenvalue weighted by molar-refractivity contribution is 5.80. The quantitative estimate of drug-likeness (QED) is 0.675. The molecule has 1 aliphatic heterocycles. The Bertz CT molecular complexity index is 238. The predicted molar refractivity (Wildman–Crippen MR) is 50.7 cm³/mol. The third-order valence-corrected chi connectivity index (χ3v) is 3.11. The molecule has 1 saturated heterocycles. The Balaban J connectivity index is 1.84. The number of nitrogens with one attached hydrogen (secondary N) is 1. The minimum Gasteiger partial charge on any atom is -0.394 e. The van der Waals surface area contributed by atoms with Crippen molar-refractivity contribution in [3.05, 3.63) is 0 Å². The van der Waals surface area contributed by atoms with E-state index in [1.54, 1.807) is 0 Å². The van der Waals surface area contributed by atoms with Gasteiger partial charge in [-0.3, -0.25) is 4.79 Å². The molecule has 1 amide bonds. The Hall–Kier alpha value is -0.610. The van der Waals surface area contributed by atoms with Gasteiger partial charge in [-0.2, -0.15) is 0 Å². The molecule has 0 spiro atoms. The van der Waals surface area contributed by atoms with Crippen molar-refractivity contribution in [2.45, 2.75) is 37.8 Å². The van der Waals surface area contributed by atoms with Crippen LogP contribution >= 0.6 is 0 Å². The van der Waals surface area contributed by atoms with E-state index in [4.69, 9.17) is 9.84 Å². The summed E-state index contributed by atoms with van der Waals surface area (Å²) < 4.78 is 5.33. The van der Waals surface area contributed by atoms with E-state index in [-0.39, 0.29) is 30.1 Å². The number of aliphatic hydroxyl groups is 1. The van der Waals surface area contributed by atoms with Crippen LogP contribution < -0.4 is 5.32 Å². The van der Waals surface area contributed by atoms with Gasteiger partial charge in [0.2, 0.25) is 5.91 Å². The maximum atomic E-state index is 11.7. The molecule has 4 nitrogen and oxygen atoms in total. The minimum absolute atomic E-state index is 0.0194. The van der Waals surface area contributed by atoms with Gasteiger partial charge < -0.3 is 15.2 Å². The van der Waals surface area contributed by atoms with Crippen LogP contribution in [0.5, 0.6) is 0 Å². The number of aliphatic hydroxyl groups excluding tert-OH is 1. The van der Waals surface area contributed by atoms with Crippen molar-refractivity contribution in [1.29, 1.82) is 0 Å². The van der Waals surface area contributed by atoms with Gasteiger partial charge in [0.05, 0.1) is 30.8 Å². The predicted octanol–water partition coefficient (Wildman–Crippen LogP) is 0.0525. The molecule has 4 heteroatoms. The second kappa shape index (κ2) is 3.51. The molecule has 2 aliphatic rings. The van der Waals surface area contributed by atoms with E-state index in [1.165, 1.54) is 0 Å².